The zero-order valence-electron chi connectivity index (χ0n) is 12.8. The highest BCUT2D eigenvalue weighted by molar-refractivity contribution is 7.90. The number of benzene rings is 1. The van der Waals surface area contributed by atoms with Gasteiger partial charge >= 0.3 is 0 Å². The molecule has 1 heterocycles. The van der Waals surface area contributed by atoms with Gasteiger partial charge in [0, 0.05) is 12.8 Å². The van der Waals surface area contributed by atoms with Crippen LogP contribution in [-0.4, -0.2) is 39.2 Å². The van der Waals surface area contributed by atoms with E-state index in [2.05, 4.69) is 11.8 Å². The molecule has 1 atom stereocenters. The van der Waals surface area contributed by atoms with E-state index < -0.39 is 15.7 Å². The predicted molar refractivity (Wildman–Crippen MR) is 82.7 cm³/mol. The molecule has 1 aromatic carbocycles. The molecule has 0 spiro atoms. The van der Waals surface area contributed by atoms with Crippen molar-refractivity contribution in [1.29, 1.82) is 0 Å². The van der Waals surface area contributed by atoms with Crippen molar-refractivity contribution in [1.82, 2.24) is 4.90 Å². The first-order valence-corrected chi connectivity index (χ1v) is 9.47. The van der Waals surface area contributed by atoms with Crippen molar-refractivity contribution >= 4 is 9.84 Å². The Hall–Kier alpha value is -0.940. The minimum Gasteiger partial charge on any atom is -0.303 e. The highest BCUT2D eigenvalue weighted by atomic mass is 32.2. The average molecular weight is 313 g/mol. The molecular formula is C16H24FNO2S. The molecule has 0 bridgehead atoms. The Bertz CT molecular complexity index is 580. The third-order valence-corrected chi connectivity index (χ3v) is 5.14. The Balaban J connectivity index is 2.05. The summed E-state index contributed by atoms with van der Waals surface area (Å²) >= 11 is 0. The maximum atomic E-state index is 14.3. The largest absolute Gasteiger partial charge is 0.303 e. The van der Waals surface area contributed by atoms with E-state index in [1.165, 1.54) is 25.3 Å². The van der Waals surface area contributed by atoms with Crippen LogP contribution in [0.5, 0.6) is 0 Å². The fourth-order valence-electron chi connectivity index (χ4n) is 3.02. The van der Waals surface area contributed by atoms with Gasteiger partial charge in [-0.25, -0.2) is 12.8 Å². The predicted octanol–water partition coefficient (Wildman–Crippen LogP) is 2.89. The van der Waals surface area contributed by atoms with E-state index in [0.29, 0.717) is 17.9 Å². The number of likely N-dealkylation sites (tertiary alicyclic amines) is 1. The maximum absolute atomic E-state index is 14.3. The van der Waals surface area contributed by atoms with Crippen LogP contribution in [0.1, 0.15) is 31.7 Å². The Kier molecular flexibility index (Phi) is 5.38. The topological polar surface area (TPSA) is 37.4 Å². The van der Waals surface area contributed by atoms with Gasteiger partial charge in [0.1, 0.15) is 10.7 Å². The lowest BCUT2D eigenvalue weighted by atomic mass is 9.99. The monoisotopic (exact) mass is 313 g/mol. The summed E-state index contributed by atoms with van der Waals surface area (Å²) in [6.07, 6.45) is 5.41. The molecule has 0 radical (unpaired) electrons. The SMILES string of the molecule is CC(Cc1cccc(S(C)(=O)=O)c1F)CN1CCCCC1. The summed E-state index contributed by atoms with van der Waals surface area (Å²) in [4.78, 5) is 2.23. The van der Waals surface area contributed by atoms with E-state index in [9.17, 15) is 12.8 Å². The standard InChI is InChI=1S/C16H24FNO2S/c1-13(12-18-9-4-3-5-10-18)11-14-7-6-8-15(16(14)17)21(2,19)20/h6-8,13H,3-5,9-12H2,1-2H3. The molecule has 21 heavy (non-hydrogen) atoms. The van der Waals surface area contributed by atoms with Crippen LogP contribution in [0, 0.1) is 11.7 Å². The van der Waals surface area contributed by atoms with E-state index in [-0.39, 0.29) is 4.90 Å². The number of hydrogen-bond acceptors (Lipinski definition) is 3. The molecule has 1 fully saturated rings. The quantitative estimate of drug-likeness (QED) is 0.839. The number of sulfone groups is 1. The summed E-state index contributed by atoms with van der Waals surface area (Å²) < 4.78 is 37.4. The van der Waals surface area contributed by atoms with E-state index in [1.807, 2.05) is 0 Å². The number of nitrogens with zero attached hydrogens (tertiary/aromatic N) is 1. The molecule has 0 saturated carbocycles. The molecule has 3 nitrogen and oxygen atoms in total. The second-order valence-electron chi connectivity index (χ2n) is 6.17. The third kappa shape index (κ3) is 4.51. The molecule has 1 aliphatic heterocycles. The summed E-state index contributed by atoms with van der Waals surface area (Å²) in [5.74, 6) is -0.266. The molecule has 0 amide bonds. The highest BCUT2D eigenvalue weighted by Gasteiger charge is 2.19. The Labute approximate surface area is 127 Å². The van der Waals surface area contributed by atoms with Crippen LogP contribution in [0.25, 0.3) is 0 Å². The number of halogens is 1. The van der Waals surface area contributed by atoms with Crippen LogP contribution in [-0.2, 0) is 16.3 Å². The van der Waals surface area contributed by atoms with Gasteiger partial charge in [-0.2, -0.15) is 0 Å². The molecule has 0 aliphatic carbocycles. The first-order valence-electron chi connectivity index (χ1n) is 7.57. The second-order valence-corrected chi connectivity index (χ2v) is 8.16. The molecular weight excluding hydrogens is 289 g/mol. The fourth-order valence-corrected chi connectivity index (χ4v) is 3.81. The summed E-state index contributed by atoms with van der Waals surface area (Å²) in [6, 6.07) is 4.66. The van der Waals surface area contributed by atoms with E-state index in [1.54, 1.807) is 12.1 Å². The molecule has 118 valence electrons. The van der Waals surface area contributed by atoms with Crippen molar-refractivity contribution in [2.75, 3.05) is 25.9 Å². The van der Waals surface area contributed by atoms with Crippen molar-refractivity contribution in [3.05, 3.63) is 29.6 Å². The van der Waals surface area contributed by atoms with Crippen molar-refractivity contribution < 1.29 is 12.8 Å². The average Bonchev–Trinajstić information content (AvgIpc) is 2.41. The van der Waals surface area contributed by atoms with E-state index >= 15 is 0 Å². The van der Waals surface area contributed by atoms with Crippen LogP contribution < -0.4 is 0 Å². The Morgan fingerprint density at radius 2 is 1.90 bits per heavy atom. The lowest BCUT2D eigenvalue weighted by Gasteiger charge is -2.29. The van der Waals surface area contributed by atoms with Crippen LogP contribution >= 0.6 is 0 Å². The first-order chi connectivity index (χ1) is 9.88. The van der Waals surface area contributed by atoms with Crippen LogP contribution in [0.4, 0.5) is 4.39 Å². The molecule has 5 heteroatoms. The molecule has 0 aromatic heterocycles. The Morgan fingerprint density at radius 1 is 1.24 bits per heavy atom. The number of hydrogen-bond donors (Lipinski definition) is 0. The van der Waals surface area contributed by atoms with Gasteiger partial charge in [-0.05, 0) is 49.9 Å². The summed E-state index contributed by atoms with van der Waals surface area (Å²) in [6.45, 7) is 5.29. The maximum Gasteiger partial charge on any atom is 0.178 e. The van der Waals surface area contributed by atoms with Crippen LogP contribution in [0.2, 0.25) is 0 Å². The lowest BCUT2D eigenvalue weighted by molar-refractivity contribution is 0.200. The van der Waals surface area contributed by atoms with Crippen LogP contribution in [0.15, 0.2) is 23.1 Å². The fraction of sp³-hybridized carbons (Fsp3) is 0.625. The minimum atomic E-state index is -3.50. The zero-order valence-corrected chi connectivity index (χ0v) is 13.6. The van der Waals surface area contributed by atoms with E-state index in [4.69, 9.17) is 0 Å². The van der Waals surface area contributed by atoms with Crippen molar-refractivity contribution in [3.8, 4) is 0 Å². The molecule has 1 aromatic rings. The van der Waals surface area contributed by atoms with Crippen molar-refractivity contribution in [2.24, 2.45) is 5.92 Å². The molecule has 1 unspecified atom stereocenters. The molecule has 0 N–H and O–H groups in total. The van der Waals surface area contributed by atoms with Crippen molar-refractivity contribution in [2.45, 2.75) is 37.5 Å². The summed E-state index contributed by atoms with van der Waals surface area (Å²) in [7, 11) is -3.50. The normalized spacial score (nSPS) is 18.6. The van der Waals surface area contributed by atoms with Gasteiger partial charge in [0.15, 0.2) is 9.84 Å². The minimum absolute atomic E-state index is 0.190. The van der Waals surface area contributed by atoms with Gasteiger partial charge in [-0.3, -0.25) is 0 Å². The van der Waals surface area contributed by atoms with Crippen molar-refractivity contribution in [3.63, 3.8) is 0 Å². The van der Waals surface area contributed by atoms with Gasteiger partial charge in [0.05, 0.1) is 0 Å². The first kappa shape index (κ1) is 16.4. The highest BCUT2D eigenvalue weighted by Crippen LogP contribution is 2.21. The molecule has 1 aliphatic rings. The summed E-state index contributed by atoms with van der Waals surface area (Å²) in [5, 5.41) is 0. The smallest absolute Gasteiger partial charge is 0.178 e. The third-order valence-electron chi connectivity index (χ3n) is 4.03. The Morgan fingerprint density at radius 3 is 2.52 bits per heavy atom. The molecule has 1 saturated heterocycles. The van der Waals surface area contributed by atoms with Crippen LogP contribution in [0.3, 0.4) is 0 Å². The zero-order chi connectivity index (χ0) is 15.5. The van der Waals surface area contributed by atoms with E-state index in [0.717, 1.165) is 25.9 Å². The van der Waals surface area contributed by atoms with Gasteiger partial charge < -0.3 is 4.90 Å². The van der Waals surface area contributed by atoms with Gasteiger partial charge in [-0.1, -0.05) is 25.5 Å². The summed E-state index contributed by atoms with van der Waals surface area (Å²) in [5.41, 5.74) is 0.502. The van der Waals surface area contributed by atoms with Gasteiger partial charge in [0.25, 0.3) is 0 Å². The molecule has 2 rings (SSSR count). The van der Waals surface area contributed by atoms with Gasteiger partial charge in [-0.15, -0.1) is 0 Å². The second kappa shape index (κ2) is 6.88. The van der Waals surface area contributed by atoms with Gasteiger partial charge in [0.2, 0.25) is 0 Å². The number of rotatable bonds is 5. The lowest BCUT2D eigenvalue weighted by Crippen LogP contribution is -2.34. The number of piperidine rings is 1.